The van der Waals surface area contributed by atoms with Crippen LogP contribution < -0.4 is 5.73 Å². The SMILES string of the molecule is Cc1ccc(Sc2ncnc3nc[nH]c23)c(CN)c1. The summed E-state index contributed by atoms with van der Waals surface area (Å²) in [6, 6.07) is 6.26. The first-order chi connectivity index (χ1) is 9.28. The van der Waals surface area contributed by atoms with Gasteiger partial charge in [-0.15, -0.1) is 0 Å². The zero-order valence-electron chi connectivity index (χ0n) is 10.4. The first-order valence-corrected chi connectivity index (χ1v) is 6.71. The number of hydrogen-bond donors (Lipinski definition) is 2. The number of rotatable bonds is 3. The van der Waals surface area contributed by atoms with E-state index in [4.69, 9.17) is 5.73 Å². The predicted octanol–water partition coefficient (Wildman–Crippen LogP) is 2.27. The summed E-state index contributed by atoms with van der Waals surface area (Å²) in [6.45, 7) is 2.58. The summed E-state index contributed by atoms with van der Waals surface area (Å²) in [5.41, 5.74) is 9.67. The van der Waals surface area contributed by atoms with E-state index in [1.807, 2.05) is 0 Å². The van der Waals surface area contributed by atoms with Crippen LogP contribution in [0.2, 0.25) is 0 Å². The molecule has 0 aliphatic rings. The van der Waals surface area contributed by atoms with Gasteiger partial charge in [-0.05, 0) is 18.6 Å². The molecule has 19 heavy (non-hydrogen) atoms. The lowest BCUT2D eigenvalue weighted by molar-refractivity contribution is 1.02. The van der Waals surface area contributed by atoms with Crippen molar-refractivity contribution in [3.05, 3.63) is 42.0 Å². The van der Waals surface area contributed by atoms with Crippen molar-refractivity contribution in [3.63, 3.8) is 0 Å². The molecule has 0 saturated heterocycles. The second-order valence-corrected chi connectivity index (χ2v) is 5.23. The van der Waals surface area contributed by atoms with Gasteiger partial charge in [0.15, 0.2) is 5.65 Å². The average molecular weight is 271 g/mol. The zero-order valence-corrected chi connectivity index (χ0v) is 11.2. The van der Waals surface area contributed by atoms with E-state index in [-0.39, 0.29) is 0 Å². The lowest BCUT2D eigenvalue weighted by Gasteiger charge is -2.08. The van der Waals surface area contributed by atoms with Gasteiger partial charge in [0.05, 0.1) is 6.33 Å². The molecule has 0 aliphatic heterocycles. The summed E-state index contributed by atoms with van der Waals surface area (Å²) in [5, 5.41) is 0.862. The highest BCUT2D eigenvalue weighted by Gasteiger charge is 2.10. The summed E-state index contributed by atoms with van der Waals surface area (Å²) in [6.07, 6.45) is 3.16. The molecule has 2 heterocycles. The van der Waals surface area contributed by atoms with E-state index in [0.717, 1.165) is 21.0 Å². The Kier molecular flexibility index (Phi) is 3.18. The fourth-order valence-corrected chi connectivity index (χ4v) is 2.86. The van der Waals surface area contributed by atoms with Crippen LogP contribution in [0.15, 0.2) is 40.8 Å². The van der Waals surface area contributed by atoms with Crippen LogP contribution in [0.3, 0.4) is 0 Å². The predicted molar refractivity (Wildman–Crippen MR) is 74.9 cm³/mol. The number of hydrogen-bond acceptors (Lipinski definition) is 5. The van der Waals surface area contributed by atoms with Gasteiger partial charge in [-0.3, -0.25) is 0 Å². The molecule has 0 unspecified atom stereocenters. The number of nitrogens with two attached hydrogens (primary N) is 1. The Morgan fingerprint density at radius 1 is 1.26 bits per heavy atom. The molecule has 0 atom stereocenters. The number of H-pyrrole nitrogens is 1. The monoisotopic (exact) mass is 271 g/mol. The Morgan fingerprint density at radius 2 is 2.16 bits per heavy atom. The van der Waals surface area contributed by atoms with Gasteiger partial charge < -0.3 is 10.7 Å². The highest BCUT2D eigenvalue weighted by molar-refractivity contribution is 7.99. The fraction of sp³-hybridized carbons (Fsp3) is 0.154. The Morgan fingerprint density at radius 3 is 3.00 bits per heavy atom. The minimum atomic E-state index is 0.515. The van der Waals surface area contributed by atoms with Crippen LogP contribution in [-0.4, -0.2) is 19.9 Å². The van der Waals surface area contributed by atoms with Crippen molar-refractivity contribution in [2.24, 2.45) is 5.73 Å². The molecule has 3 rings (SSSR count). The van der Waals surface area contributed by atoms with Crippen molar-refractivity contribution in [2.75, 3.05) is 0 Å². The third-order valence-corrected chi connectivity index (χ3v) is 3.95. The highest BCUT2D eigenvalue weighted by atomic mass is 32.2. The molecule has 6 heteroatoms. The summed E-state index contributed by atoms with van der Waals surface area (Å²) in [5.74, 6) is 0. The molecule has 0 radical (unpaired) electrons. The fourth-order valence-electron chi connectivity index (χ4n) is 1.89. The molecular formula is C13H13N5S. The quantitative estimate of drug-likeness (QED) is 0.714. The number of imidazole rings is 1. The molecule has 0 spiro atoms. The van der Waals surface area contributed by atoms with E-state index < -0.39 is 0 Å². The molecule has 3 N–H and O–H groups in total. The molecular weight excluding hydrogens is 258 g/mol. The first kappa shape index (κ1) is 12.1. The summed E-state index contributed by atoms with van der Waals surface area (Å²) in [4.78, 5) is 16.7. The number of nitrogens with zero attached hydrogens (tertiary/aromatic N) is 3. The maximum atomic E-state index is 5.80. The van der Waals surface area contributed by atoms with Crippen LogP contribution >= 0.6 is 11.8 Å². The lowest BCUT2D eigenvalue weighted by Crippen LogP contribution is -1.99. The average Bonchev–Trinajstić information content (AvgIpc) is 2.90. The molecule has 1 aromatic carbocycles. The van der Waals surface area contributed by atoms with Crippen molar-refractivity contribution >= 4 is 22.9 Å². The maximum absolute atomic E-state index is 5.80. The smallest absolute Gasteiger partial charge is 0.181 e. The Bertz CT molecular complexity index is 722. The normalized spacial score (nSPS) is 11.1. The van der Waals surface area contributed by atoms with Crippen molar-refractivity contribution in [2.45, 2.75) is 23.4 Å². The molecule has 96 valence electrons. The first-order valence-electron chi connectivity index (χ1n) is 5.89. The molecule has 2 aromatic heterocycles. The van der Waals surface area contributed by atoms with Gasteiger partial charge in [0.2, 0.25) is 0 Å². The number of aromatic nitrogens is 4. The van der Waals surface area contributed by atoms with Crippen molar-refractivity contribution in [1.82, 2.24) is 19.9 Å². The van der Waals surface area contributed by atoms with Crippen molar-refractivity contribution in [1.29, 1.82) is 0 Å². The van der Waals surface area contributed by atoms with Crippen LogP contribution in [0.25, 0.3) is 11.2 Å². The van der Waals surface area contributed by atoms with Gasteiger partial charge in [0, 0.05) is 11.4 Å². The maximum Gasteiger partial charge on any atom is 0.181 e. The lowest BCUT2D eigenvalue weighted by atomic mass is 10.1. The van der Waals surface area contributed by atoms with Gasteiger partial charge in [-0.25, -0.2) is 15.0 Å². The second kappa shape index (κ2) is 4.99. The number of nitrogens with one attached hydrogen (secondary N) is 1. The molecule has 0 amide bonds. The second-order valence-electron chi connectivity index (χ2n) is 4.20. The van der Waals surface area contributed by atoms with E-state index in [9.17, 15) is 0 Å². The van der Waals surface area contributed by atoms with Gasteiger partial charge in [-0.2, -0.15) is 0 Å². The Hall–Kier alpha value is -1.92. The van der Waals surface area contributed by atoms with Crippen molar-refractivity contribution < 1.29 is 0 Å². The van der Waals surface area contributed by atoms with Crippen LogP contribution in [-0.2, 0) is 6.54 Å². The van der Waals surface area contributed by atoms with Gasteiger partial charge in [0.25, 0.3) is 0 Å². The largest absolute Gasteiger partial charge is 0.341 e. The van der Waals surface area contributed by atoms with Crippen LogP contribution in [0.1, 0.15) is 11.1 Å². The van der Waals surface area contributed by atoms with E-state index in [1.54, 1.807) is 18.1 Å². The summed E-state index contributed by atoms with van der Waals surface area (Å²) < 4.78 is 0. The standard InChI is InChI=1S/C13H13N5S/c1-8-2-3-10(9(4-8)5-14)19-13-11-12(16-6-15-11)17-7-18-13/h2-4,6-7H,5,14H2,1H3,(H,15,16,17,18). The minimum absolute atomic E-state index is 0.515. The van der Waals surface area contributed by atoms with Gasteiger partial charge >= 0.3 is 0 Å². The zero-order chi connectivity index (χ0) is 13.2. The number of aromatic amines is 1. The summed E-state index contributed by atoms with van der Waals surface area (Å²) in [7, 11) is 0. The molecule has 0 bridgehead atoms. The topological polar surface area (TPSA) is 80.5 Å². The molecule has 5 nitrogen and oxygen atoms in total. The van der Waals surface area contributed by atoms with E-state index in [1.165, 1.54) is 11.9 Å². The Balaban J connectivity index is 2.03. The highest BCUT2D eigenvalue weighted by Crippen LogP contribution is 2.32. The van der Waals surface area contributed by atoms with Crippen LogP contribution in [0.5, 0.6) is 0 Å². The molecule has 0 fully saturated rings. The minimum Gasteiger partial charge on any atom is -0.341 e. The van der Waals surface area contributed by atoms with E-state index >= 15 is 0 Å². The van der Waals surface area contributed by atoms with Crippen LogP contribution in [0.4, 0.5) is 0 Å². The summed E-state index contributed by atoms with van der Waals surface area (Å²) >= 11 is 1.58. The molecule has 3 aromatic rings. The number of aryl methyl sites for hydroxylation is 1. The third-order valence-electron chi connectivity index (χ3n) is 2.83. The van der Waals surface area contributed by atoms with Crippen molar-refractivity contribution in [3.8, 4) is 0 Å². The van der Waals surface area contributed by atoms with Crippen LogP contribution in [0, 0.1) is 6.92 Å². The Labute approximate surface area is 114 Å². The number of fused-ring (bicyclic) bond motifs is 1. The number of benzene rings is 1. The molecule has 0 aliphatic carbocycles. The van der Waals surface area contributed by atoms with Gasteiger partial charge in [0.1, 0.15) is 16.9 Å². The van der Waals surface area contributed by atoms with E-state index in [2.05, 4.69) is 45.1 Å². The van der Waals surface area contributed by atoms with E-state index in [0.29, 0.717) is 12.2 Å². The van der Waals surface area contributed by atoms with Gasteiger partial charge in [-0.1, -0.05) is 29.5 Å². The third kappa shape index (κ3) is 2.32. The molecule has 0 saturated carbocycles.